The lowest BCUT2D eigenvalue weighted by atomic mass is 9.89. The predicted molar refractivity (Wildman–Crippen MR) is 74.1 cm³/mol. The Hall–Kier alpha value is -1.51. The summed E-state index contributed by atoms with van der Waals surface area (Å²) in [5.74, 6) is 1.09. The normalized spacial score (nSPS) is 22.9. The average Bonchev–Trinajstić information content (AvgIpc) is 3.17. The molecule has 104 valence electrons. The van der Waals surface area contributed by atoms with Crippen LogP contribution in [-0.4, -0.2) is 18.2 Å². The van der Waals surface area contributed by atoms with Crippen LogP contribution in [0, 0.1) is 18.8 Å². The van der Waals surface area contributed by atoms with Crippen LogP contribution >= 0.6 is 0 Å². The second-order valence-electron chi connectivity index (χ2n) is 5.53. The van der Waals surface area contributed by atoms with Crippen LogP contribution in [0.2, 0.25) is 0 Å². The summed E-state index contributed by atoms with van der Waals surface area (Å²) in [6.07, 6.45) is 2.85. The zero-order valence-corrected chi connectivity index (χ0v) is 11.8. The van der Waals surface area contributed by atoms with E-state index in [1.54, 1.807) is 6.07 Å². The van der Waals surface area contributed by atoms with Gasteiger partial charge in [-0.05, 0) is 49.7 Å². The van der Waals surface area contributed by atoms with Crippen molar-refractivity contribution in [2.24, 2.45) is 11.8 Å². The molecule has 1 aromatic carbocycles. The van der Waals surface area contributed by atoms with Crippen LogP contribution < -0.4 is 0 Å². The molecule has 2 rings (SSSR count). The minimum atomic E-state index is -0.0895. The summed E-state index contributed by atoms with van der Waals surface area (Å²) < 4.78 is 4.78. The molecule has 1 fully saturated rings. The highest BCUT2D eigenvalue weighted by molar-refractivity contribution is 5.75. The van der Waals surface area contributed by atoms with Crippen molar-refractivity contribution >= 4 is 5.97 Å². The van der Waals surface area contributed by atoms with Crippen molar-refractivity contribution in [3.63, 3.8) is 0 Å². The summed E-state index contributed by atoms with van der Waals surface area (Å²) in [7, 11) is 1.45. The van der Waals surface area contributed by atoms with Gasteiger partial charge in [-0.1, -0.05) is 24.6 Å². The van der Waals surface area contributed by atoms with E-state index in [1.807, 2.05) is 13.0 Å². The lowest BCUT2D eigenvalue weighted by Crippen LogP contribution is -2.07. The fourth-order valence-electron chi connectivity index (χ4n) is 2.83. The van der Waals surface area contributed by atoms with Gasteiger partial charge in [0.25, 0.3) is 0 Å². The minimum Gasteiger partial charge on any atom is -0.508 e. The predicted octanol–water partition coefficient (Wildman–Crippen LogP) is 3.39. The van der Waals surface area contributed by atoms with Crippen LogP contribution in [0.3, 0.4) is 0 Å². The number of carbonyl (C=O) groups is 1. The van der Waals surface area contributed by atoms with E-state index < -0.39 is 0 Å². The first-order valence-electron chi connectivity index (χ1n) is 6.94. The molecule has 0 heterocycles. The highest BCUT2D eigenvalue weighted by atomic mass is 16.5. The van der Waals surface area contributed by atoms with E-state index >= 15 is 0 Å². The van der Waals surface area contributed by atoms with Gasteiger partial charge in [0, 0.05) is 0 Å². The van der Waals surface area contributed by atoms with Gasteiger partial charge >= 0.3 is 5.97 Å². The number of hydrogen-bond donors (Lipinski definition) is 1. The maximum absolute atomic E-state index is 11.4. The summed E-state index contributed by atoms with van der Waals surface area (Å²) in [5.41, 5.74) is 2.17. The highest BCUT2D eigenvalue weighted by Crippen LogP contribution is 2.47. The number of aryl methyl sites for hydroxylation is 1. The maximum atomic E-state index is 11.4. The number of aromatic hydroxyl groups is 1. The van der Waals surface area contributed by atoms with Crippen LogP contribution in [0.1, 0.15) is 43.2 Å². The molecule has 0 saturated heterocycles. The van der Waals surface area contributed by atoms with Crippen LogP contribution in [0.15, 0.2) is 18.2 Å². The SMILES string of the molecule is CCC(CC1CC1C(=O)OC)c1cc(C)ccc1O. The fourth-order valence-corrected chi connectivity index (χ4v) is 2.83. The molecular weight excluding hydrogens is 240 g/mol. The first-order valence-corrected chi connectivity index (χ1v) is 6.94. The number of rotatable bonds is 5. The van der Waals surface area contributed by atoms with Crippen LogP contribution in [-0.2, 0) is 9.53 Å². The number of esters is 1. The maximum Gasteiger partial charge on any atom is 0.308 e. The molecule has 1 aromatic rings. The molecule has 3 atom stereocenters. The highest BCUT2D eigenvalue weighted by Gasteiger charge is 2.44. The summed E-state index contributed by atoms with van der Waals surface area (Å²) in [6.45, 7) is 4.16. The van der Waals surface area contributed by atoms with Crippen molar-refractivity contribution in [1.82, 2.24) is 0 Å². The summed E-state index contributed by atoms with van der Waals surface area (Å²) in [5, 5.41) is 10.00. The van der Waals surface area contributed by atoms with Crippen LogP contribution in [0.25, 0.3) is 0 Å². The number of phenolic OH excluding ortho intramolecular Hbond substituents is 1. The van der Waals surface area contributed by atoms with E-state index in [4.69, 9.17) is 4.74 Å². The minimum absolute atomic E-state index is 0.0750. The van der Waals surface area contributed by atoms with Gasteiger partial charge in [-0.15, -0.1) is 0 Å². The Morgan fingerprint density at radius 3 is 2.89 bits per heavy atom. The Kier molecular flexibility index (Phi) is 4.13. The van der Waals surface area contributed by atoms with Gasteiger partial charge in [0.05, 0.1) is 13.0 Å². The molecule has 0 amide bonds. The molecule has 0 radical (unpaired) electrons. The number of ether oxygens (including phenoxy) is 1. The first kappa shape index (κ1) is 13.9. The van der Waals surface area contributed by atoms with E-state index in [1.165, 1.54) is 7.11 Å². The molecule has 3 nitrogen and oxygen atoms in total. The quantitative estimate of drug-likeness (QED) is 0.827. The van der Waals surface area contributed by atoms with Gasteiger partial charge in [0.2, 0.25) is 0 Å². The molecular formula is C16H22O3. The Labute approximate surface area is 114 Å². The molecule has 3 heteroatoms. The van der Waals surface area contributed by atoms with E-state index in [0.717, 1.165) is 30.4 Å². The average molecular weight is 262 g/mol. The van der Waals surface area contributed by atoms with E-state index in [0.29, 0.717) is 17.6 Å². The third-order valence-electron chi connectivity index (χ3n) is 4.13. The van der Waals surface area contributed by atoms with Crippen molar-refractivity contribution in [3.05, 3.63) is 29.3 Å². The molecule has 0 spiro atoms. The Bertz CT molecular complexity index is 467. The molecule has 3 unspecified atom stereocenters. The van der Waals surface area contributed by atoms with Crippen LogP contribution in [0.4, 0.5) is 0 Å². The summed E-state index contributed by atoms with van der Waals surface area (Å²) in [4.78, 5) is 11.4. The van der Waals surface area contributed by atoms with Crippen molar-refractivity contribution < 1.29 is 14.6 Å². The molecule has 0 aliphatic heterocycles. The van der Waals surface area contributed by atoms with E-state index in [-0.39, 0.29) is 11.9 Å². The molecule has 0 aromatic heterocycles. The first-order chi connectivity index (χ1) is 9.06. The largest absolute Gasteiger partial charge is 0.508 e. The van der Waals surface area contributed by atoms with Crippen molar-refractivity contribution in [2.45, 2.75) is 39.0 Å². The van der Waals surface area contributed by atoms with Gasteiger partial charge in [0.1, 0.15) is 5.75 Å². The molecule has 19 heavy (non-hydrogen) atoms. The van der Waals surface area contributed by atoms with Crippen molar-refractivity contribution in [2.75, 3.05) is 7.11 Å². The summed E-state index contributed by atoms with van der Waals surface area (Å²) in [6, 6.07) is 5.73. The van der Waals surface area contributed by atoms with Crippen molar-refractivity contribution in [1.29, 1.82) is 0 Å². The zero-order chi connectivity index (χ0) is 14.0. The van der Waals surface area contributed by atoms with Gasteiger partial charge in [-0.25, -0.2) is 0 Å². The second-order valence-corrected chi connectivity index (χ2v) is 5.53. The standard InChI is InChI=1S/C16H22O3/c1-4-11(8-12-9-14(12)16(18)19-3)13-7-10(2)5-6-15(13)17/h5-7,11-12,14,17H,4,8-9H2,1-3H3. The topological polar surface area (TPSA) is 46.5 Å². The smallest absolute Gasteiger partial charge is 0.308 e. The number of methoxy groups -OCH3 is 1. The lowest BCUT2D eigenvalue weighted by Gasteiger charge is -2.17. The van der Waals surface area contributed by atoms with Gasteiger partial charge in [-0.2, -0.15) is 0 Å². The number of carbonyl (C=O) groups excluding carboxylic acids is 1. The Morgan fingerprint density at radius 2 is 2.26 bits per heavy atom. The lowest BCUT2D eigenvalue weighted by molar-refractivity contribution is -0.142. The van der Waals surface area contributed by atoms with Gasteiger partial charge in [0.15, 0.2) is 0 Å². The third kappa shape index (κ3) is 3.09. The number of hydrogen-bond acceptors (Lipinski definition) is 3. The Balaban J connectivity index is 2.05. The zero-order valence-electron chi connectivity index (χ0n) is 11.8. The second kappa shape index (κ2) is 5.64. The number of phenols is 1. The van der Waals surface area contributed by atoms with Crippen LogP contribution in [0.5, 0.6) is 5.75 Å². The molecule has 1 aliphatic carbocycles. The van der Waals surface area contributed by atoms with E-state index in [9.17, 15) is 9.90 Å². The van der Waals surface area contributed by atoms with E-state index in [2.05, 4.69) is 13.0 Å². The fraction of sp³-hybridized carbons (Fsp3) is 0.562. The Morgan fingerprint density at radius 1 is 1.53 bits per heavy atom. The molecule has 1 N–H and O–H groups in total. The van der Waals surface area contributed by atoms with Gasteiger partial charge < -0.3 is 9.84 Å². The van der Waals surface area contributed by atoms with Gasteiger partial charge in [-0.3, -0.25) is 4.79 Å². The molecule has 1 saturated carbocycles. The van der Waals surface area contributed by atoms with Crippen molar-refractivity contribution in [3.8, 4) is 5.75 Å². The number of benzene rings is 1. The summed E-state index contributed by atoms with van der Waals surface area (Å²) >= 11 is 0. The molecule has 1 aliphatic rings. The monoisotopic (exact) mass is 262 g/mol. The molecule has 0 bridgehead atoms. The third-order valence-corrected chi connectivity index (χ3v) is 4.13.